The number of aromatic nitrogens is 4. The molecule has 2 heterocycles. The lowest BCUT2D eigenvalue weighted by Crippen LogP contribution is -2.49. The Labute approximate surface area is 176 Å². The van der Waals surface area contributed by atoms with E-state index in [4.69, 9.17) is 11.6 Å². The molecule has 0 bridgehead atoms. The van der Waals surface area contributed by atoms with Crippen molar-refractivity contribution in [1.82, 2.24) is 30.0 Å². The van der Waals surface area contributed by atoms with E-state index in [0.717, 1.165) is 17.8 Å². The highest BCUT2D eigenvalue weighted by Gasteiger charge is 2.24. The van der Waals surface area contributed by atoms with Gasteiger partial charge in [-0.15, -0.1) is 5.10 Å². The van der Waals surface area contributed by atoms with Gasteiger partial charge in [-0.2, -0.15) is 4.68 Å². The standard InChI is InChI=1S/C19H18ClF2N7O/c20-13-4-6-14(7-5-13)29-17(24-25-26-29)12-27-8-10-28(11-9-27)19(30)23-18-15(21)2-1-3-16(18)22/h1-7H,8-12H2,(H,23,30). The first-order valence-electron chi connectivity index (χ1n) is 9.27. The topological polar surface area (TPSA) is 79.2 Å². The third-order valence-electron chi connectivity index (χ3n) is 4.82. The molecule has 3 aromatic rings. The lowest BCUT2D eigenvalue weighted by atomic mass is 10.3. The largest absolute Gasteiger partial charge is 0.322 e. The van der Waals surface area contributed by atoms with E-state index in [0.29, 0.717) is 43.6 Å². The Kier molecular flexibility index (Phi) is 5.86. The summed E-state index contributed by atoms with van der Waals surface area (Å²) in [7, 11) is 0. The van der Waals surface area contributed by atoms with Crippen molar-refractivity contribution < 1.29 is 13.6 Å². The molecule has 4 rings (SSSR count). The van der Waals surface area contributed by atoms with Crippen molar-refractivity contribution in [3.8, 4) is 5.69 Å². The normalized spacial score (nSPS) is 14.7. The summed E-state index contributed by atoms with van der Waals surface area (Å²) in [5.41, 5.74) is 0.358. The van der Waals surface area contributed by atoms with Crippen molar-refractivity contribution in [2.75, 3.05) is 31.5 Å². The number of benzene rings is 2. The summed E-state index contributed by atoms with van der Waals surface area (Å²) in [6.45, 7) is 2.45. The summed E-state index contributed by atoms with van der Waals surface area (Å²) in [6.07, 6.45) is 0. The number of piperazine rings is 1. The van der Waals surface area contributed by atoms with Gasteiger partial charge in [0.15, 0.2) is 5.82 Å². The lowest BCUT2D eigenvalue weighted by molar-refractivity contribution is 0.140. The fourth-order valence-corrected chi connectivity index (χ4v) is 3.33. The summed E-state index contributed by atoms with van der Waals surface area (Å²) in [6, 6.07) is 10.1. The van der Waals surface area contributed by atoms with Gasteiger partial charge in [0.25, 0.3) is 0 Å². The smallest absolute Gasteiger partial charge is 0.322 e. The number of nitrogens with one attached hydrogen (secondary N) is 1. The van der Waals surface area contributed by atoms with E-state index in [-0.39, 0.29) is 0 Å². The Balaban J connectivity index is 1.35. The Morgan fingerprint density at radius 3 is 2.37 bits per heavy atom. The highest BCUT2D eigenvalue weighted by Crippen LogP contribution is 2.19. The van der Waals surface area contributed by atoms with Gasteiger partial charge in [-0.3, -0.25) is 4.90 Å². The number of tetrazole rings is 1. The second-order valence-corrected chi connectivity index (χ2v) is 7.21. The number of carbonyl (C=O) groups excluding carboxylic acids is 1. The molecule has 0 saturated carbocycles. The molecule has 1 N–H and O–H groups in total. The molecule has 1 fully saturated rings. The van der Waals surface area contributed by atoms with Crippen LogP contribution in [-0.2, 0) is 6.54 Å². The maximum absolute atomic E-state index is 13.7. The van der Waals surface area contributed by atoms with Crippen LogP contribution in [0.3, 0.4) is 0 Å². The number of anilines is 1. The maximum atomic E-state index is 13.7. The highest BCUT2D eigenvalue weighted by atomic mass is 35.5. The van der Waals surface area contributed by atoms with Crippen LogP contribution in [0, 0.1) is 11.6 Å². The van der Waals surface area contributed by atoms with E-state index < -0.39 is 23.4 Å². The zero-order valence-electron chi connectivity index (χ0n) is 15.8. The van der Waals surface area contributed by atoms with Gasteiger partial charge in [0.05, 0.1) is 12.2 Å². The molecule has 0 radical (unpaired) electrons. The molecule has 0 spiro atoms. The van der Waals surface area contributed by atoms with Crippen LogP contribution >= 0.6 is 11.6 Å². The summed E-state index contributed by atoms with van der Waals surface area (Å²) in [4.78, 5) is 16.0. The van der Waals surface area contributed by atoms with Gasteiger partial charge in [-0.05, 0) is 46.8 Å². The number of rotatable bonds is 4. The lowest BCUT2D eigenvalue weighted by Gasteiger charge is -2.34. The number of amides is 2. The molecule has 156 valence electrons. The number of carbonyl (C=O) groups is 1. The number of urea groups is 1. The van der Waals surface area contributed by atoms with Crippen molar-refractivity contribution in [2.45, 2.75) is 6.54 Å². The predicted molar refractivity (Wildman–Crippen MR) is 106 cm³/mol. The SMILES string of the molecule is O=C(Nc1c(F)cccc1F)N1CCN(Cc2nnnn2-c2ccc(Cl)cc2)CC1. The van der Waals surface area contributed by atoms with Crippen LogP contribution in [0.1, 0.15) is 5.82 Å². The summed E-state index contributed by atoms with van der Waals surface area (Å²) in [5.74, 6) is -0.962. The molecule has 11 heteroatoms. The van der Waals surface area contributed by atoms with Crippen LogP contribution < -0.4 is 5.32 Å². The molecule has 1 aliphatic heterocycles. The highest BCUT2D eigenvalue weighted by molar-refractivity contribution is 6.30. The minimum absolute atomic E-state index is 0.407. The first kappa shape index (κ1) is 20.2. The fraction of sp³-hybridized carbons (Fsp3) is 0.263. The minimum atomic E-state index is -0.809. The van der Waals surface area contributed by atoms with Gasteiger partial charge >= 0.3 is 6.03 Å². The van der Waals surface area contributed by atoms with Crippen molar-refractivity contribution >= 4 is 23.3 Å². The van der Waals surface area contributed by atoms with Crippen LogP contribution in [-0.4, -0.2) is 62.2 Å². The number of halogens is 3. The molecular formula is C19H18ClF2N7O. The molecular weight excluding hydrogens is 416 g/mol. The molecule has 8 nitrogen and oxygen atoms in total. The Bertz CT molecular complexity index is 1020. The summed E-state index contributed by atoms with van der Waals surface area (Å²) in [5, 5.41) is 14.8. The van der Waals surface area contributed by atoms with Crippen LogP contribution in [0.2, 0.25) is 5.02 Å². The summed E-state index contributed by atoms with van der Waals surface area (Å²) >= 11 is 5.93. The van der Waals surface area contributed by atoms with Gasteiger partial charge in [0, 0.05) is 31.2 Å². The first-order chi connectivity index (χ1) is 14.5. The van der Waals surface area contributed by atoms with E-state index in [2.05, 4.69) is 25.7 Å². The molecule has 1 saturated heterocycles. The predicted octanol–water partition coefficient (Wildman–Crippen LogP) is 2.94. The van der Waals surface area contributed by atoms with Crippen molar-refractivity contribution in [3.05, 3.63) is 64.9 Å². The fourth-order valence-electron chi connectivity index (χ4n) is 3.20. The Morgan fingerprint density at radius 1 is 1.03 bits per heavy atom. The summed E-state index contributed by atoms with van der Waals surface area (Å²) < 4.78 is 29.1. The van der Waals surface area contributed by atoms with Crippen molar-refractivity contribution in [3.63, 3.8) is 0 Å². The third-order valence-corrected chi connectivity index (χ3v) is 5.08. The molecule has 0 aliphatic carbocycles. The second-order valence-electron chi connectivity index (χ2n) is 6.77. The molecule has 30 heavy (non-hydrogen) atoms. The van der Waals surface area contributed by atoms with E-state index in [1.807, 2.05) is 12.1 Å². The van der Waals surface area contributed by atoms with E-state index in [1.165, 1.54) is 11.0 Å². The zero-order chi connectivity index (χ0) is 21.1. The van der Waals surface area contributed by atoms with Crippen molar-refractivity contribution in [2.24, 2.45) is 0 Å². The van der Waals surface area contributed by atoms with Crippen LogP contribution in [0.25, 0.3) is 5.69 Å². The van der Waals surface area contributed by atoms with E-state index in [9.17, 15) is 13.6 Å². The Morgan fingerprint density at radius 2 is 1.70 bits per heavy atom. The van der Waals surface area contributed by atoms with Crippen LogP contribution in [0.15, 0.2) is 42.5 Å². The van der Waals surface area contributed by atoms with Gasteiger partial charge in [0.1, 0.15) is 17.3 Å². The quantitative estimate of drug-likeness (QED) is 0.684. The third kappa shape index (κ3) is 4.39. The van der Waals surface area contributed by atoms with Gasteiger partial charge in [-0.1, -0.05) is 17.7 Å². The molecule has 0 atom stereocenters. The first-order valence-corrected chi connectivity index (χ1v) is 9.64. The number of nitrogens with zero attached hydrogens (tertiary/aromatic N) is 6. The maximum Gasteiger partial charge on any atom is 0.322 e. The molecule has 1 aromatic heterocycles. The minimum Gasteiger partial charge on any atom is -0.322 e. The number of para-hydroxylation sites is 1. The van der Waals surface area contributed by atoms with Crippen LogP contribution in [0.4, 0.5) is 19.3 Å². The Hall–Kier alpha value is -3.11. The molecule has 0 unspecified atom stereocenters. The molecule has 2 aromatic carbocycles. The second kappa shape index (κ2) is 8.72. The van der Waals surface area contributed by atoms with Crippen molar-refractivity contribution in [1.29, 1.82) is 0 Å². The van der Waals surface area contributed by atoms with E-state index in [1.54, 1.807) is 16.8 Å². The zero-order valence-corrected chi connectivity index (χ0v) is 16.6. The van der Waals surface area contributed by atoms with Gasteiger partial charge in [-0.25, -0.2) is 13.6 Å². The monoisotopic (exact) mass is 433 g/mol. The molecule has 1 aliphatic rings. The molecule has 2 amide bonds. The van der Waals surface area contributed by atoms with E-state index >= 15 is 0 Å². The number of hydrogen-bond donors (Lipinski definition) is 1. The van der Waals surface area contributed by atoms with Gasteiger partial charge in [0.2, 0.25) is 0 Å². The number of hydrogen-bond acceptors (Lipinski definition) is 5. The van der Waals surface area contributed by atoms with Gasteiger partial charge < -0.3 is 10.2 Å². The average molecular weight is 434 g/mol. The average Bonchev–Trinajstić information content (AvgIpc) is 3.20. The van der Waals surface area contributed by atoms with Crippen LogP contribution in [0.5, 0.6) is 0 Å².